The van der Waals surface area contributed by atoms with E-state index in [9.17, 15) is 14.7 Å². The molecule has 0 spiro atoms. The van der Waals surface area contributed by atoms with Crippen LogP contribution in [0.15, 0.2) is 10.6 Å². The number of hydrogen-bond donors (Lipinski definition) is 2. The second-order valence-electron chi connectivity index (χ2n) is 9.18. The largest absolute Gasteiger partial charge is 0.481 e. The van der Waals surface area contributed by atoms with Crippen LogP contribution in [-0.2, 0) is 11.2 Å². The van der Waals surface area contributed by atoms with Crippen molar-refractivity contribution in [3.8, 4) is 0 Å². The van der Waals surface area contributed by atoms with E-state index >= 15 is 0 Å². The Kier molecular flexibility index (Phi) is 4.01. The van der Waals surface area contributed by atoms with Crippen molar-refractivity contribution in [2.45, 2.75) is 58.8 Å². The van der Waals surface area contributed by atoms with Gasteiger partial charge >= 0.3 is 5.97 Å². The van der Waals surface area contributed by atoms with Gasteiger partial charge in [0.25, 0.3) is 11.6 Å². The highest BCUT2D eigenvalue weighted by Gasteiger charge is 2.50. The second kappa shape index (κ2) is 6.04. The fourth-order valence-electron chi connectivity index (χ4n) is 3.38. The molecular formula is C20H25N3O4. The average Bonchev–Trinajstić information content (AvgIpc) is 3.49. The van der Waals surface area contributed by atoms with Crippen LogP contribution in [0.1, 0.15) is 74.1 Å². The van der Waals surface area contributed by atoms with Gasteiger partial charge < -0.3 is 14.9 Å². The molecule has 0 saturated heterocycles. The fourth-order valence-corrected chi connectivity index (χ4v) is 3.38. The van der Waals surface area contributed by atoms with Crippen molar-refractivity contribution in [1.82, 2.24) is 15.5 Å². The molecule has 144 valence electrons. The third-order valence-corrected chi connectivity index (χ3v) is 5.37. The normalized spacial score (nSPS) is 18.5. The number of carboxylic acids is 1. The molecule has 0 atom stereocenters. The summed E-state index contributed by atoms with van der Waals surface area (Å²) < 4.78 is 5.47. The van der Waals surface area contributed by atoms with Gasteiger partial charge in [-0.3, -0.25) is 9.59 Å². The van der Waals surface area contributed by atoms with Gasteiger partial charge in [-0.15, -0.1) is 0 Å². The van der Waals surface area contributed by atoms with E-state index in [1.165, 1.54) is 0 Å². The number of fused-ring (bicyclic) bond motifs is 1. The highest BCUT2D eigenvalue weighted by atomic mass is 16.5. The molecule has 0 unspecified atom stereocenters. The molecule has 2 aromatic rings. The number of nitrogens with zero attached hydrogens (tertiary/aromatic N) is 2. The van der Waals surface area contributed by atoms with Crippen LogP contribution >= 0.6 is 0 Å². The third kappa shape index (κ3) is 3.55. The van der Waals surface area contributed by atoms with E-state index in [0.717, 1.165) is 24.2 Å². The molecule has 2 N–H and O–H groups in total. The number of rotatable bonds is 6. The Bertz CT molecular complexity index is 917. The van der Waals surface area contributed by atoms with E-state index in [-0.39, 0.29) is 17.9 Å². The number of nitrogens with one attached hydrogen (secondary N) is 1. The van der Waals surface area contributed by atoms with Crippen molar-refractivity contribution in [2.75, 3.05) is 6.54 Å². The van der Waals surface area contributed by atoms with Gasteiger partial charge in [-0.2, -0.15) is 0 Å². The Hall–Kier alpha value is -2.44. The van der Waals surface area contributed by atoms with Gasteiger partial charge in [-0.25, -0.2) is 4.98 Å². The Balaban J connectivity index is 1.69. The number of carboxylic acid groups (broad SMARTS) is 1. The Morgan fingerprint density at radius 3 is 2.59 bits per heavy atom. The number of aliphatic carboxylic acids is 1. The van der Waals surface area contributed by atoms with Gasteiger partial charge in [0.2, 0.25) is 0 Å². The van der Waals surface area contributed by atoms with E-state index in [1.54, 1.807) is 0 Å². The maximum absolute atomic E-state index is 13.0. The minimum absolute atomic E-state index is 0.0198. The molecule has 0 aromatic carbocycles. The zero-order chi connectivity index (χ0) is 19.4. The number of carbonyl (C=O) groups excluding carboxylic acids is 1. The first kappa shape index (κ1) is 17.9. The lowest BCUT2D eigenvalue weighted by atomic mass is 9.89. The molecule has 2 saturated carbocycles. The van der Waals surface area contributed by atoms with Crippen LogP contribution in [0.5, 0.6) is 0 Å². The first-order chi connectivity index (χ1) is 12.7. The molecule has 0 radical (unpaired) electrons. The summed E-state index contributed by atoms with van der Waals surface area (Å²) in [5.41, 5.74) is 1.63. The summed E-state index contributed by atoms with van der Waals surface area (Å²) in [6.45, 7) is 6.44. The van der Waals surface area contributed by atoms with Gasteiger partial charge in [0, 0.05) is 18.2 Å². The molecule has 2 aromatic heterocycles. The highest BCUT2D eigenvalue weighted by molar-refractivity contribution is 6.06. The van der Waals surface area contributed by atoms with E-state index < -0.39 is 11.4 Å². The SMILES string of the molecule is CC(C)(C)Cc1noc2nc(C3CC3)cc(C(=O)NCC3(C(=O)O)CC3)c12. The predicted molar refractivity (Wildman–Crippen MR) is 98.6 cm³/mol. The predicted octanol–water partition coefficient (Wildman–Crippen LogP) is 3.28. The summed E-state index contributed by atoms with van der Waals surface area (Å²) in [6, 6.07) is 1.83. The van der Waals surface area contributed by atoms with Crippen molar-refractivity contribution in [1.29, 1.82) is 0 Å². The Labute approximate surface area is 157 Å². The lowest BCUT2D eigenvalue weighted by Crippen LogP contribution is -2.34. The number of pyridine rings is 1. The molecule has 2 heterocycles. The summed E-state index contributed by atoms with van der Waals surface area (Å²) in [7, 11) is 0. The van der Waals surface area contributed by atoms with E-state index in [2.05, 4.69) is 36.2 Å². The van der Waals surface area contributed by atoms with Crippen LogP contribution in [0.25, 0.3) is 11.1 Å². The quantitative estimate of drug-likeness (QED) is 0.807. The monoisotopic (exact) mass is 371 g/mol. The molecule has 27 heavy (non-hydrogen) atoms. The smallest absolute Gasteiger partial charge is 0.311 e. The van der Waals surface area contributed by atoms with Crippen molar-refractivity contribution in [3.63, 3.8) is 0 Å². The number of aromatic nitrogens is 2. The molecule has 2 aliphatic rings. The van der Waals surface area contributed by atoms with E-state index in [4.69, 9.17) is 4.52 Å². The highest BCUT2D eigenvalue weighted by Crippen LogP contribution is 2.45. The molecule has 0 bridgehead atoms. The average molecular weight is 371 g/mol. The number of hydrogen-bond acceptors (Lipinski definition) is 5. The Morgan fingerprint density at radius 1 is 1.33 bits per heavy atom. The van der Waals surface area contributed by atoms with Crippen molar-refractivity contribution >= 4 is 23.0 Å². The van der Waals surface area contributed by atoms with E-state index in [0.29, 0.717) is 41.8 Å². The summed E-state index contributed by atoms with van der Waals surface area (Å²) >= 11 is 0. The molecule has 4 rings (SSSR count). The molecule has 7 nitrogen and oxygen atoms in total. The van der Waals surface area contributed by atoms with Gasteiger partial charge in [-0.1, -0.05) is 25.9 Å². The van der Waals surface area contributed by atoms with Crippen LogP contribution in [0.3, 0.4) is 0 Å². The van der Waals surface area contributed by atoms with Crippen LogP contribution in [-0.4, -0.2) is 33.7 Å². The lowest BCUT2D eigenvalue weighted by Gasteiger charge is -2.16. The van der Waals surface area contributed by atoms with Crippen LogP contribution in [0, 0.1) is 10.8 Å². The maximum atomic E-state index is 13.0. The maximum Gasteiger partial charge on any atom is 0.311 e. The molecular weight excluding hydrogens is 346 g/mol. The zero-order valence-electron chi connectivity index (χ0n) is 16.0. The fraction of sp³-hybridized carbons (Fsp3) is 0.600. The molecule has 0 aliphatic heterocycles. The van der Waals surface area contributed by atoms with E-state index in [1.807, 2.05) is 6.07 Å². The summed E-state index contributed by atoms with van der Waals surface area (Å²) in [5, 5.41) is 17.0. The molecule has 1 amide bonds. The first-order valence-electron chi connectivity index (χ1n) is 9.49. The molecule has 7 heteroatoms. The second-order valence-corrected chi connectivity index (χ2v) is 9.18. The van der Waals surface area contributed by atoms with Crippen LogP contribution < -0.4 is 5.32 Å². The minimum atomic E-state index is -0.847. The lowest BCUT2D eigenvalue weighted by molar-refractivity contribution is -0.143. The minimum Gasteiger partial charge on any atom is -0.481 e. The van der Waals surface area contributed by atoms with Crippen molar-refractivity contribution in [2.24, 2.45) is 10.8 Å². The zero-order valence-corrected chi connectivity index (χ0v) is 16.0. The first-order valence-corrected chi connectivity index (χ1v) is 9.49. The van der Waals surface area contributed by atoms with Gasteiger partial charge in [0.15, 0.2) is 0 Å². The summed E-state index contributed by atoms with van der Waals surface area (Å²) in [5.74, 6) is -0.763. The van der Waals surface area contributed by atoms with Gasteiger partial charge in [0.05, 0.1) is 22.1 Å². The topological polar surface area (TPSA) is 105 Å². The van der Waals surface area contributed by atoms with Gasteiger partial charge in [-0.05, 0) is 43.6 Å². The third-order valence-electron chi connectivity index (χ3n) is 5.37. The standard InChI is InChI=1S/C20H25N3O4/c1-19(2,3)9-14-15-12(16(24)21-10-20(6-7-20)18(25)26)8-13(11-4-5-11)22-17(15)27-23-14/h8,11H,4-7,9-10H2,1-3H3,(H,21,24)(H,25,26). The van der Waals surface area contributed by atoms with Crippen molar-refractivity contribution < 1.29 is 19.2 Å². The van der Waals surface area contributed by atoms with Crippen LogP contribution in [0.4, 0.5) is 0 Å². The Morgan fingerprint density at radius 2 is 2.04 bits per heavy atom. The number of amides is 1. The van der Waals surface area contributed by atoms with Crippen molar-refractivity contribution in [3.05, 3.63) is 23.0 Å². The van der Waals surface area contributed by atoms with Crippen LogP contribution in [0.2, 0.25) is 0 Å². The summed E-state index contributed by atoms with van der Waals surface area (Å²) in [6.07, 6.45) is 3.98. The van der Waals surface area contributed by atoms with Gasteiger partial charge in [0.1, 0.15) is 0 Å². The molecule has 2 aliphatic carbocycles. The number of carbonyl (C=O) groups is 2. The molecule has 2 fully saturated rings. The summed E-state index contributed by atoms with van der Waals surface area (Å²) in [4.78, 5) is 28.9.